The van der Waals surface area contributed by atoms with Crippen LogP contribution in [0.3, 0.4) is 0 Å². The molecule has 2 aromatic heterocycles. The second-order valence-corrected chi connectivity index (χ2v) is 11.6. The zero-order valence-corrected chi connectivity index (χ0v) is 25.9. The number of benzene rings is 4. The molecule has 0 saturated heterocycles. The minimum atomic E-state index is -0.714. The number of anilines is 4. The average molecular weight is 615 g/mol. The van der Waals surface area contributed by atoms with E-state index in [0.717, 1.165) is 44.1 Å². The third-order valence-corrected chi connectivity index (χ3v) is 8.23. The smallest absolute Gasteiger partial charge is 0.222 e. The van der Waals surface area contributed by atoms with Crippen molar-refractivity contribution in [2.45, 2.75) is 38.8 Å². The normalized spacial score (nSPS) is 12.7. The monoisotopic (exact) mass is 614 g/mol. The van der Waals surface area contributed by atoms with Crippen molar-refractivity contribution < 1.29 is 10.2 Å². The summed E-state index contributed by atoms with van der Waals surface area (Å²) in [6.45, 7) is 4.39. The van der Waals surface area contributed by atoms with Crippen molar-refractivity contribution in [1.29, 1.82) is 0 Å². The number of aryl methyl sites for hydroxylation is 2. The number of fused-ring (bicyclic) bond motifs is 2. The Labute approximate surface area is 267 Å². The number of aromatic nitrogens is 4. The summed E-state index contributed by atoms with van der Waals surface area (Å²) in [5.41, 5.74) is 20.2. The third kappa shape index (κ3) is 6.68. The van der Waals surface area contributed by atoms with Crippen molar-refractivity contribution in [2.24, 2.45) is 0 Å². The summed E-state index contributed by atoms with van der Waals surface area (Å²) >= 11 is 0. The molecule has 0 saturated carbocycles. The third-order valence-electron chi connectivity index (χ3n) is 8.23. The summed E-state index contributed by atoms with van der Waals surface area (Å²) in [5.74, 6) is 1.41. The van der Waals surface area contributed by atoms with Gasteiger partial charge in [-0.05, 0) is 84.3 Å². The predicted molar refractivity (Wildman–Crippen MR) is 186 cm³/mol. The van der Waals surface area contributed by atoms with Gasteiger partial charge in [0.25, 0.3) is 0 Å². The van der Waals surface area contributed by atoms with Crippen LogP contribution in [-0.2, 0) is 0 Å². The summed E-state index contributed by atoms with van der Waals surface area (Å²) in [4.78, 5) is 17.7. The highest BCUT2D eigenvalue weighted by molar-refractivity contribution is 5.94. The van der Waals surface area contributed by atoms with Gasteiger partial charge in [0, 0.05) is 17.3 Å². The lowest BCUT2D eigenvalue weighted by Crippen LogP contribution is -2.30. The number of aliphatic hydroxyl groups is 2. The SMILES string of the molecule is Cc1ccccc1-c1ccc2c(NCCC(O)CC(CO)Nc3nc(N)nc4cc(-c5ccccc5C)ccc34)nc(N)nc2c1. The second-order valence-electron chi connectivity index (χ2n) is 11.6. The minimum absolute atomic E-state index is 0.126. The van der Waals surface area contributed by atoms with Crippen LogP contribution in [-0.4, -0.2) is 55.4 Å². The highest BCUT2D eigenvalue weighted by atomic mass is 16.3. The Balaban J connectivity index is 1.12. The molecule has 0 amide bonds. The van der Waals surface area contributed by atoms with E-state index in [9.17, 15) is 10.2 Å². The van der Waals surface area contributed by atoms with Gasteiger partial charge in [-0.3, -0.25) is 0 Å². The van der Waals surface area contributed by atoms with E-state index in [1.165, 1.54) is 5.56 Å². The molecule has 0 spiro atoms. The highest BCUT2D eigenvalue weighted by Gasteiger charge is 2.18. The van der Waals surface area contributed by atoms with Gasteiger partial charge < -0.3 is 32.3 Å². The fourth-order valence-electron chi connectivity index (χ4n) is 5.84. The van der Waals surface area contributed by atoms with Crippen molar-refractivity contribution in [3.05, 3.63) is 96.1 Å². The van der Waals surface area contributed by atoms with Crippen molar-refractivity contribution >= 4 is 45.3 Å². The minimum Gasteiger partial charge on any atom is -0.394 e. The molecule has 2 heterocycles. The zero-order chi connectivity index (χ0) is 32.2. The summed E-state index contributed by atoms with van der Waals surface area (Å²) in [6, 6.07) is 27.9. The van der Waals surface area contributed by atoms with Gasteiger partial charge in [0.15, 0.2) is 0 Å². The lowest BCUT2D eigenvalue weighted by molar-refractivity contribution is 0.138. The maximum absolute atomic E-state index is 10.9. The van der Waals surface area contributed by atoms with E-state index in [1.54, 1.807) is 0 Å². The van der Waals surface area contributed by atoms with E-state index >= 15 is 0 Å². The lowest BCUT2D eigenvalue weighted by Gasteiger charge is -2.21. The van der Waals surface area contributed by atoms with Crippen LogP contribution >= 0.6 is 0 Å². The molecule has 0 aliphatic carbocycles. The molecule has 234 valence electrons. The maximum Gasteiger partial charge on any atom is 0.222 e. The molecule has 0 aliphatic rings. The van der Waals surface area contributed by atoms with Crippen molar-refractivity contribution in [3.63, 3.8) is 0 Å². The van der Waals surface area contributed by atoms with E-state index < -0.39 is 12.1 Å². The second kappa shape index (κ2) is 13.4. The fourth-order valence-corrected chi connectivity index (χ4v) is 5.84. The zero-order valence-electron chi connectivity index (χ0n) is 25.9. The fraction of sp³-hybridized carbons (Fsp3) is 0.222. The van der Waals surface area contributed by atoms with E-state index in [0.29, 0.717) is 30.1 Å². The van der Waals surface area contributed by atoms with Crippen LogP contribution in [0, 0.1) is 13.8 Å². The topological polar surface area (TPSA) is 168 Å². The van der Waals surface area contributed by atoms with Gasteiger partial charge in [0.1, 0.15) is 11.6 Å². The van der Waals surface area contributed by atoms with Gasteiger partial charge in [-0.2, -0.15) is 9.97 Å². The Morgan fingerprint density at radius 2 is 1.22 bits per heavy atom. The van der Waals surface area contributed by atoms with Gasteiger partial charge in [-0.25, -0.2) is 9.97 Å². The summed E-state index contributed by atoms with van der Waals surface area (Å²) in [6.07, 6.45) is -0.0115. The van der Waals surface area contributed by atoms with E-state index in [4.69, 9.17) is 11.5 Å². The van der Waals surface area contributed by atoms with Gasteiger partial charge in [-0.1, -0.05) is 60.7 Å². The lowest BCUT2D eigenvalue weighted by atomic mass is 9.99. The Morgan fingerprint density at radius 3 is 1.76 bits per heavy atom. The van der Waals surface area contributed by atoms with Crippen molar-refractivity contribution in [3.8, 4) is 22.3 Å². The Morgan fingerprint density at radius 1 is 0.696 bits per heavy atom. The standard InChI is InChI=1S/C36H38N8O2/c1-21-7-3-5-9-27(21)23-11-13-29-31(17-23)41-35(37)43-33(29)39-16-15-26(46)19-25(20-45)40-34-30-14-12-24(18-32(30)42-36(38)44-34)28-10-6-4-8-22(28)2/h3-14,17-18,25-26,45-46H,15-16,19-20H2,1-2H3,(H3,37,39,41,43)(H3,38,40,42,44). The van der Waals surface area contributed by atoms with Crippen molar-refractivity contribution in [1.82, 2.24) is 19.9 Å². The molecule has 10 nitrogen and oxygen atoms in total. The van der Waals surface area contributed by atoms with Crippen LogP contribution in [0.5, 0.6) is 0 Å². The first-order valence-electron chi connectivity index (χ1n) is 15.3. The molecule has 6 aromatic rings. The van der Waals surface area contributed by atoms with Crippen LogP contribution in [0.1, 0.15) is 24.0 Å². The number of nitrogens with zero attached hydrogens (tertiary/aromatic N) is 4. The van der Waals surface area contributed by atoms with Gasteiger partial charge >= 0.3 is 0 Å². The number of rotatable bonds is 11. The van der Waals surface area contributed by atoms with E-state index in [-0.39, 0.29) is 24.9 Å². The first-order valence-corrected chi connectivity index (χ1v) is 15.3. The van der Waals surface area contributed by atoms with Crippen LogP contribution in [0.2, 0.25) is 0 Å². The maximum atomic E-state index is 10.9. The molecule has 2 atom stereocenters. The number of aliphatic hydroxyl groups excluding tert-OH is 2. The molecular weight excluding hydrogens is 576 g/mol. The molecule has 46 heavy (non-hydrogen) atoms. The van der Waals surface area contributed by atoms with Gasteiger partial charge in [0.2, 0.25) is 11.9 Å². The summed E-state index contributed by atoms with van der Waals surface area (Å²) < 4.78 is 0. The Bertz CT molecular complexity index is 2020. The van der Waals surface area contributed by atoms with E-state index in [2.05, 4.69) is 74.7 Å². The van der Waals surface area contributed by atoms with Crippen LogP contribution in [0.15, 0.2) is 84.9 Å². The number of nitrogens with one attached hydrogen (secondary N) is 2. The molecule has 0 fully saturated rings. The quantitative estimate of drug-likeness (QED) is 0.106. The summed E-state index contributed by atoms with van der Waals surface area (Å²) in [5, 5.41) is 29.3. The number of hydrogen-bond donors (Lipinski definition) is 6. The number of hydrogen-bond acceptors (Lipinski definition) is 10. The first kappa shape index (κ1) is 30.7. The predicted octanol–water partition coefficient (Wildman–Crippen LogP) is 5.71. The molecule has 2 unspecified atom stereocenters. The molecule has 0 bridgehead atoms. The van der Waals surface area contributed by atoms with E-state index in [1.807, 2.05) is 54.6 Å². The highest BCUT2D eigenvalue weighted by Crippen LogP contribution is 2.31. The molecule has 4 aromatic carbocycles. The largest absolute Gasteiger partial charge is 0.394 e. The number of nitrogen functional groups attached to an aromatic ring is 2. The number of nitrogens with two attached hydrogens (primary N) is 2. The molecule has 10 heteroatoms. The molecular formula is C36H38N8O2. The Hall–Kier alpha value is -5.32. The Kier molecular flexibility index (Phi) is 8.91. The first-order chi connectivity index (χ1) is 22.3. The van der Waals surface area contributed by atoms with Crippen molar-refractivity contribution in [2.75, 3.05) is 35.3 Å². The van der Waals surface area contributed by atoms with Gasteiger partial charge in [0.05, 0.1) is 29.8 Å². The molecule has 8 N–H and O–H groups in total. The van der Waals surface area contributed by atoms with Crippen LogP contribution in [0.25, 0.3) is 44.1 Å². The summed E-state index contributed by atoms with van der Waals surface area (Å²) in [7, 11) is 0. The van der Waals surface area contributed by atoms with Gasteiger partial charge in [-0.15, -0.1) is 0 Å². The molecule has 0 aliphatic heterocycles. The van der Waals surface area contributed by atoms with Crippen LogP contribution in [0.4, 0.5) is 23.5 Å². The average Bonchev–Trinajstić information content (AvgIpc) is 3.04. The molecule has 6 rings (SSSR count). The molecule has 0 radical (unpaired) electrons. The van der Waals surface area contributed by atoms with Crippen LogP contribution < -0.4 is 22.1 Å².